The van der Waals surface area contributed by atoms with Gasteiger partial charge < -0.3 is 9.47 Å². The fourth-order valence-corrected chi connectivity index (χ4v) is 4.56. The van der Waals surface area contributed by atoms with Crippen molar-refractivity contribution in [3.05, 3.63) is 104 Å². The molecule has 0 saturated carbocycles. The Bertz CT molecular complexity index is 1240. The minimum atomic E-state index is -0.737. The molecule has 0 bridgehead atoms. The Hall–Kier alpha value is -3.59. The topological polar surface area (TPSA) is 107 Å². The number of esters is 2. The maximum atomic E-state index is 12.7. The first-order valence-corrected chi connectivity index (χ1v) is 10.8. The van der Waals surface area contributed by atoms with Gasteiger partial charge in [-0.1, -0.05) is 36.4 Å². The van der Waals surface area contributed by atoms with Gasteiger partial charge in [-0.3, -0.25) is 14.3 Å². The van der Waals surface area contributed by atoms with Crippen LogP contribution in [0.5, 0.6) is 0 Å². The molecule has 1 saturated heterocycles. The molecular formula is C23H20N2O6S. The van der Waals surface area contributed by atoms with Crippen LogP contribution in [0.25, 0.3) is 0 Å². The third kappa shape index (κ3) is 4.52. The lowest BCUT2D eigenvalue weighted by molar-refractivity contribution is 0.00858. The lowest BCUT2D eigenvalue weighted by atomic mass is 10.2. The summed E-state index contributed by atoms with van der Waals surface area (Å²) in [6.45, 7) is 1.58. The van der Waals surface area contributed by atoms with E-state index in [2.05, 4.69) is 4.98 Å². The number of hydrogen-bond donors (Lipinski definition) is 1. The molecule has 9 heteroatoms. The number of carbonyl (C=O) groups excluding carboxylic acids is 2. The molecule has 3 atom stereocenters. The van der Waals surface area contributed by atoms with Crippen molar-refractivity contribution < 1.29 is 19.1 Å². The van der Waals surface area contributed by atoms with Crippen LogP contribution >= 0.6 is 11.8 Å². The summed E-state index contributed by atoms with van der Waals surface area (Å²) in [5.74, 6) is -1.03. The van der Waals surface area contributed by atoms with Gasteiger partial charge in [0.05, 0.1) is 16.4 Å². The number of aromatic nitrogens is 2. The van der Waals surface area contributed by atoms with Gasteiger partial charge in [0.2, 0.25) is 0 Å². The smallest absolute Gasteiger partial charge is 0.338 e. The van der Waals surface area contributed by atoms with Crippen molar-refractivity contribution in [2.45, 2.75) is 23.7 Å². The van der Waals surface area contributed by atoms with Crippen LogP contribution in [0.4, 0.5) is 0 Å². The van der Waals surface area contributed by atoms with Crippen LogP contribution in [-0.2, 0) is 9.47 Å². The Kier molecular flexibility index (Phi) is 6.27. The van der Waals surface area contributed by atoms with Gasteiger partial charge in [0.1, 0.15) is 18.1 Å². The minimum absolute atomic E-state index is 0.00127. The molecule has 0 radical (unpaired) electrons. The summed E-state index contributed by atoms with van der Waals surface area (Å²) in [6.07, 6.45) is 0.702. The quantitative estimate of drug-likeness (QED) is 0.573. The Morgan fingerprint density at radius 1 is 0.969 bits per heavy atom. The summed E-state index contributed by atoms with van der Waals surface area (Å²) in [6, 6.07) is 17.0. The number of ether oxygens (including phenoxy) is 2. The van der Waals surface area contributed by atoms with E-state index in [1.165, 1.54) is 22.5 Å². The first kappa shape index (κ1) is 21.6. The summed E-state index contributed by atoms with van der Waals surface area (Å²) in [5.41, 5.74) is 0.0736. The second-order valence-corrected chi connectivity index (χ2v) is 8.60. The van der Waals surface area contributed by atoms with Crippen molar-refractivity contribution >= 4 is 23.7 Å². The first-order valence-electron chi connectivity index (χ1n) is 9.90. The van der Waals surface area contributed by atoms with Gasteiger partial charge in [-0.2, -0.15) is 0 Å². The van der Waals surface area contributed by atoms with E-state index in [1.807, 2.05) is 0 Å². The number of H-pyrrole nitrogens is 1. The number of benzene rings is 2. The highest BCUT2D eigenvalue weighted by Gasteiger charge is 2.47. The number of nitrogens with zero attached hydrogens (tertiary/aromatic N) is 1. The van der Waals surface area contributed by atoms with E-state index in [4.69, 9.17) is 9.47 Å². The molecule has 2 heterocycles. The zero-order chi connectivity index (χ0) is 22.7. The summed E-state index contributed by atoms with van der Waals surface area (Å²) in [5, 5.41) is -0.939. The van der Waals surface area contributed by atoms with Crippen LogP contribution in [0, 0.1) is 6.92 Å². The average molecular weight is 452 g/mol. The monoisotopic (exact) mass is 452 g/mol. The molecule has 4 rings (SSSR count). The molecule has 1 fully saturated rings. The van der Waals surface area contributed by atoms with Crippen LogP contribution < -0.4 is 11.2 Å². The first-order chi connectivity index (χ1) is 15.4. The molecule has 8 nitrogen and oxygen atoms in total. The number of hydrogen-bond acceptors (Lipinski definition) is 7. The number of thioether (sulfide) groups is 1. The van der Waals surface area contributed by atoms with Crippen LogP contribution in [-0.4, -0.2) is 39.5 Å². The van der Waals surface area contributed by atoms with Gasteiger partial charge in [-0.25, -0.2) is 14.4 Å². The Morgan fingerprint density at radius 2 is 1.56 bits per heavy atom. The third-order valence-electron chi connectivity index (χ3n) is 5.02. The molecule has 0 spiro atoms. The van der Waals surface area contributed by atoms with Crippen LogP contribution in [0.1, 0.15) is 31.7 Å². The second kappa shape index (κ2) is 9.27. The van der Waals surface area contributed by atoms with Crippen molar-refractivity contribution in [1.29, 1.82) is 0 Å². The predicted octanol–water partition coefficient (Wildman–Crippen LogP) is 2.54. The number of aryl methyl sites for hydroxylation is 1. The highest BCUT2D eigenvalue weighted by molar-refractivity contribution is 8.01. The van der Waals surface area contributed by atoms with Gasteiger partial charge in [0, 0.05) is 11.8 Å². The highest BCUT2D eigenvalue weighted by atomic mass is 32.2. The number of aromatic amines is 1. The molecule has 1 aliphatic heterocycles. The highest BCUT2D eigenvalue weighted by Crippen LogP contribution is 2.47. The second-order valence-electron chi connectivity index (χ2n) is 7.24. The lowest BCUT2D eigenvalue weighted by Gasteiger charge is -2.43. The third-order valence-corrected chi connectivity index (χ3v) is 6.55. The maximum Gasteiger partial charge on any atom is 0.338 e. The Labute approximate surface area is 187 Å². The minimum Gasteiger partial charge on any atom is -0.461 e. The molecule has 164 valence electrons. The summed E-state index contributed by atoms with van der Waals surface area (Å²) < 4.78 is 12.5. The van der Waals surface area contributed by atoms with Gasteiger partial charge in [-0.05, 0) is 31.2 Å². The number of carbonyl (C=O) groups is 2. The fraction of sp³-hybridized carbons (Fsp3) is 0.217. The van der Waals surface area contributed by atoms with E-state index in [0.29, 0.717) is 16.7 Å². The number of rotatable bonds is 6. The largest absolute Gasteiger partial charge is 0.461 e. The average Bonchev–Trinajstić information content (AvgIpc) is 2.80. The SMILES string of the molecule is Cc1cn([C@@H]2S[C@H](COC(=O)c3ccccc3)[C@H]2OC(=O)c2ccccc2)c(=O)[nH]c1=O. The molecular weight excluding hydrogens is 432 g/mol. The Balaban J connectivity index is 1.53. The molecule has 2 aromatic carbocycles. The zero-order valence-electron chi connectivity index (χ0n) is 17.1. The molecule has 0 unspecified atom stereocenters. The molecule has 1 aliphatic rings. The van der Waals surface area contributed by atoms with Gasteiger partial charge in [-0.15, -0.1) is 11.8 Å². The Morgan fingerprint density at radius 3 is 2.19 bits per heavy atom. The zero-order valence-corrected chi connectivity index (χ0v) is 17.9. The molecule has 1 aromatic heterocycles. The van der Waals surface area contributed by atoms with Crippen molar-refractivity contribution in [3.8, 4) is 0 Å². The molecule has 1 N–H and O–H groups in total. The summed E-state index contributed by atoms with van der Waals surface area (Å²) in [4.78, 5) is 51.3. The molecule has 0 amide bonds. The number of nitrogens with one attached hydrogen (secondary N) is 1. The van der Waals surface area contributed by atoms with Crippen molar-refractivity contribution in [2.75, 3.05) is 6.61 Å². The fourth-order valence-electron chi connectivity index (χ4n) is 3.28. The summed E-state index contributed by atoms with van der Waals surface area (Å²) >= 11 is 1.32. The maximum absolute atomic E-state index is 12.7. The van der Waals surface area contributed by atoms with E-state index in [1.54, 1.807) is 67.6 Å². The molecule has 0 aliphatic carbocycles. The van der Waals surface area contributed by atoms with E-state index in [0.717, 1.165) is 0 Å². The predicted molar refractivity (Wildman–Crippen MR) is 119 cm³/mol. The van der Waals surface area contributed by atoms with Crippen LogP contribution in [0.15, 0.2) is 76.4 Å². The van der Waals surface area contributed by atoms with E-state index >= 15 is 0 Å². The summed E-state index contributed by atoms with van der Waals surface area (Å²) in [7, 11) is 0. The van der Waals surface area contributed by atoms with Crippen LogP contribution in [0.2, 0.25) is 0 Å². The van der Waals surface area contributed by atoms with Crippen molar-refractivity contribution in [1.82, 2.24) is 9.55 Å². The standard InChI is InChI=1S/C23H20N2O6S/c1-14-12-25(23(29)24-19(14)26)20-18(31-22(28)16-10-6-3-7-11-16)17(32-20)13-30-21(27)15-8-4-2-5-9-15/h2-12,17-18,20H,13H2,1H3,(H,24,26,29)/t17-,18-,20-/m1/s1. The van der Waals surface area contributed by atoms with E-state index < -0.39 is 34.7 Å². The van der Waals surface area contributed by atoms with Gasteiger partial charge in [0.15, 0.2) is 0 Å². The van der Waals surface area contributed by atoms with Crippen LogP contribution in [0.3, 0.4) is 0 Å². The van der Waals surface area contributed by atoms with E-state index in [-0.39, 0.29) is 11.9 Å². The van der Waals surface area contributed by atoms with E-state index in [9.17, 15) is 19.2 Å². The van der Waals surface area contributed by atoms with Gasteiger partial charge in [0.25, 0.3) is 5.56 Å². The normalized spacial score (nSPS) is 19.6. The molecule has 3 aromatic rings. The lowest BCUT2D eigenvalue weighted by Crippen LogP contribution is -2.51. The molecule has 32 heavy (non-hydrogen) atoms. The van der Waals surface area contributed by atoms with Crippen molar-refractivity contribution in [3.63, 3.8) is 0 Å². The van der Waals surface area contributed by atoms with Gasteiger partial charge >= 0.3 is 17.6 Å². The van der Waals surface area contributed by atoms with Crippen molar-refractivity contribution in [2.24, 2.45) is 0 Å².